The van der Waals surface area contributed by atoms with Crippen molar-refractivity contribution in [2.24, 2.45) is 0 Å². The van der Waals surface area contributed by atoms with Gasteiger partial charge >= 0.3 is 0 Å². The lowest BCUT2D eigenvalue weighted by Crippen LogP contribution is -2.06. The lowest BCUT2D eigenvalue weighted by Gasteiger charge is -2.10. The van der Waals surface area contributed by atoms with Crippen LogP contribution >= 0.6 is 0 Å². The molecule has 0 radical (unpaired) electrons. The molecule has 0 bridgehead atoms. The van der Waals surface area contributed by atoms with Crippen LogP contribution in [0, 0.1) is 0 Å². The van der Waals surface area contributed by atoms with Gasteiger partial charge in [-0.05, 0) is 19.2 Å². The van der Waals surface area contributed by atoms with Crippen LogP contribution in [0.5, 0.6) is 11.6 Å². The summed E-state index contributed by atoms with van der Waals surface area (Å²) in [4.78, 5) is 4.27. The molecule has 1 N–H and O–H groups in total. The summed E-state index contributed by atoms with van der Waals surface area (Å²) in [6, 6.07) is 9.79. The first kappa shape index (κ1) is 11.7. The first-order valence-corrected chi connectivity index (χ1v) is 6.07. The molecule has 2 aromatic heterocycles. The van der Waals surface area contributed by atoms with E-state index in [0.717, 1.165) is 23.4 Å². The molecule has 2 heterocycles. The van der Waals surface area contributed by atoms with Crippen molar-refractivity contribution >= 4 is 5.52 Å². The number of fused-ring (bicyclic) bond motifs is 1. The van der Waals surface area contributed by atoms with E-state index in [4.69, 9.17) is 4.74 Å². The summed E-state index contributed by atoms with van der Waals surface area (Å²) in [5.41, 5.74) is 1.94. The average Bonchev–Trinajstić information content (AvgIpc) is 2.91. The second kappa shape index (κ2) is 5.07. The molecule has 0 aliphatic carbocycles. The zero-order valence-electron chi connectivity index (χ0n) is 10.6. The van der Waals surface area contributed by atoms with Crippen molar-refractivity contribution in [2.75, 3.05) is 7.05 Å². The number of nitrogens with zero attached hydrogens (tertiary/aromatic N) is 3. The van der Waals surface area contributed by atoms with Gasteiger partial charge in [-0.25, -0.2) is 9.50 Å². The molecule has 19 heavy (non-hydrogen) atoms. The van der Waals surface area contributed by atoms with E-state index in [-0.39, 0.29) is 0 Å². The van der Waals surface area contributed by atoms with Gasteiger partial charge in [0.25, 0.3) is 0 Å². The van der Waals surface area contributed by atoms with Crippen molar-refractivity contribution in [3.05, 3.63) is 54.5 Å². The Morgan fingerprint density at radius 3 is 3.00 bits per heavy atom. The molecule has 0 saturated carbocycles. The largest absolute Gasteiger partial charge is 0.437 e. The number of rotatable bonds is 4. The number of nitrogens with one attached hydrogen (secondary N) is 1. The SMILES string of the molecule is CNCc1ccccc1Oc1nccn2nccc12. The highest BCUT2D eigenvalue weighted by atomic mass is 16.5. The lowest BCUT2D eigenvalue weighted by atomic mass is 10.2. The van der Waals surface area contributed by atoms with E-state index in [0.29, 0.717) is 5.88 Å². The Labute approximate surface area is 110 Å². The third-order valence-electron chi connectivity index (χ3n) is 2.84. The second-order valence-corrected chi connectivity index (χ2v) is 4.13. The summed E-state index contributed by atoms with van der Waals surface area (Å²) < 4.78 is 7.66. The molecule has 3 rings (SSSR count). The summed E-state index contributed by atoms with van der Waals surface area (Å²) >= 11 is 0. The molecule has 0 atom stereocenters. The van der Waals surface area contributed by atoms with Crippen molar-refractivity contribution in [1.29, 1.82) is 0 Å². The minimum atomic E-state index is 0.559. The minimum Gasteiger partial charge on any atom is -0.437 e. The maximum atomic E-state index is 5.92. The van der Waals surface area contributed by atoms with E-state index in [9.17, 15) is 0 Å². The Morgan fingerprint density at radius 1 is 1.21 bits per heavy atom. The number of benzene rings is 1. The Balaban J connectivity index is 1.99. The number of para-hydroxylation sites is 1. The van der Waals surface area contributed by atoms with Crippen LogP contribution in [-0.4, -0.2) is 21.6 Å². The van der Waals surface area contributed by atoms with E-state index in [1.165, 1.54) is 0 Å². The molecule has 96 valence electrons. The van der Waals surface area contributed by atoms with Crippen LogP contribution in [0.15, 0.2) is 48.9 Å². The van der Waals surface area contributed by atoms with Gasteiger partial charge in [0.05, 0.1) is 6.20 Å². The third kappa shape index (κ3) is 2.28. The molecule has 0 saturated heterocycles. The van der Waals surface area contributed by atoms with Crippen LogP contribution in [0.2, 0.25) is 0 Å². The van der Waals surface area contributed by atoms with Gasteiger partial charge in [0.15, 0.2) is 0 Å². The molecule has 0 aliphatic heterocycles. The molecule has 0 fully saturated rings. The summed E-state index contributed by atoms with van der Waals surface area (Å²) in [5.74, 6) is 1.36. The molecular weight excluding hydrogens is 240 g/mol. The average molecular weight is 254 g/mol. The molecule has 0 aliphatic rings. The van der Waals surface area contributed by atoms with Crippen molar-refractivity contribution in [1.82, 2.24) is 19.9 Å². The fraction of sp³-hybridized carbons (Fsp3) is 0.143. The van der Waals surface area contributed by atoms with Gasteiger partial charge < -0.3 is 10.1 Å². The molecule has 3 aromatic rings. The van der Waals surface area contributed by atoms with E-state index in [1.807, 2.05) is 37.4 Å². The number of hydrogen-bond acceptors (Lipinski definition) is 4. The van der Waals surface area contributed by atoms with E-state index in [1.54, 1.807) is 23.1 Å². The molecule has 5 nitrogen and oxygen atoms in total. The maximum absolute atomic E-state index is 5.92. The van der Waals surface area contributed by atoms with Crippen molar-refractivity contribution in [3.8, 4) is 11.6 Å². The Bertz CT molecular complexity index is 692. The molecular formula is C14H14N4O. The predicted molar refractivity (Wildman–Crippen MR) is 72.3 cm³/mol. The highest BCUT2D eigenvalue weighted by molar-refractivity contribution is 5.56. The first-order valence-electron chi connectivity index (χ1n) is 6.07. The number of hydrogen-bond donors (Lipinski definition) is 1. The van der Waals surface area contributed by atoms with E-state index >= 15 is 0 Å². The normalized spacial score (nSPS) is 10.8. The number of aromatic nitrogens is 3. The number of ether oxygens (including phenoxy) is 1. The van der Waals surface area contributed by atoms with E-state index < -0.39 is 0 Å². The van der Waals surface area contributed by atoms with Gasteiger partial charge in [-0.15, -0.1) is 0 Å². The standard InChI is InChI=1S/C14H14N4O/c1-15-10-11-4-2-3-5-13(11)19-14-12-6-7-17-18(12)9-8-16-14/h2-9,15H,10H2,1H3. The van der Waals surface area contributed by atoms with Crippen LogP contribution in [0.3, 0.4) is 0 Å². The van der Waals surface area contributed by atoms with Gasteiger partial charge in [-0.2, -0.15) is 5.10 Å². The lowest BCUT2D eigenvalue weighted by molar-refractivity contribution is 0.458. The van der Waals surface area contributed by atoms with Crippen LogP contribution in [0.1, 0.15) is 5.56 Å². The zero-order chi connectivity index (χ0) is 13.1. The maximum Gasteiger partial charge on any atom is 0.245 e. The molecule has 1 aromatic carbocycles. The highest BCUT2D eigenvalue weighted by Crippen LogP contribution is 2.26. The van der Waals surface area contributed by atoms with Gasteiger partial charge in [0.1, 0.15) is 11.3 Å². The highest BCUT2D eigenvalue weighted by Gasteiger charge is 2.08. The summed E-state index contributed by atoms with van der Waals surface area (Å²) in [6.07, 6.45) is 5.20. The van der Waals surface area contributed by atoms with Crippen molar-refractivity contribution in [3.63, 3.8) is 0 Å². The van der Waals surface area contributed by atoms with Crippen LogP contribution in [-0.2, 0) is 6.54 Å². The zero-order valence-corrected chi connectivity index (χ0v) is 10.6. The fourth-order valence-electron chi connectivity index (χ4n) is 1.96. The summed E-state index contributed by atoms with van der Waals surface area (Å²) in [5, 5.41) is 7.29. The van der Waals surface area contributed by atoms with Crippen molar-refractivity contribution in [2.45, 2.75) is 6.54 Å². The Hall–Kier alpha value is -2.40. The molecule has 0 amide bonds. The summed E-state index contributed by atoms with van der Waals surface area (Å²) in [6.45, 7) is 0.749. The molecule has 5 heteroatoms. The van der Waals surface area contributed by atoms with Crippen LogP contribution in [0.4, 0.5) is 0 Å². The summed E-state index contributed by atoms with van der Waals surface area (Å²) in [7, 11) is 1.91. The van der Waals surface area contributed by atoms with Crippen molar-refractivity contribution < 1.29 is 4.74 Å². The monoisotopic (exact) mass is 254 g/mol. The Kier molecular flexibility index (Phi) is 3.12. The van der Waals surface area contributed by atoms with Gasteiger partial charge in [-0.1, -0.05) is 18.2 Å². The van der Waals surface area contributed by atoms with Crippen LogP contribution < -0.4 is 10.1 Å². The van der Waals surface area contributed by atoms with Crippen LogP contribution in [0.25, 0.3) is 5.52 Å². The third-order valence-corrected chi connectivity index (χ3v) is 2.84. The van der Waals surface area contributed by atoms with E-state index in [2.05, 4.69) is 15.4 Å². The molecule has 0 unspecified atom stereocenters. The fourth-order valence-corrected chi connectivity index (χ4v) is 1.96. The van der Waals surface area contributed by atoms with Gasteiger partial charge in [-0.3, -0.25) is 0 Å². The van der Waals surface area contributed by atoms with Gasteiger partial charge in [0, 0.05) is 24.5 Å². The quantitative estimate of drug-likeness (QED) is 0.775. The van der Waals surface area contributed by atoms with Gasteiger partial charge in [0.2, 0.25) is 5.88 Å². The second-order valence-electron chi connectivity index (χ2n) is 4.13. The Morgan fingerprint density at radius 2 is 2.11 bits per heavy atom. The molecule has 0 spiro atoms. The topological polar surface area (TPSA) is 51.5 Å². The first-order chi connectivity index (χ1) is 9.38. The predicted octanol–water partition coefficient (Wildman–Crippen LogP) is 2.24. The minimum absolute atomic E-state index is 0.559. The smallest absolute Gasteiger partial charge is 0.245 e.